The first-order valence-corrected chi connectivity index (χ1v) is 8.44. The van der Waals surface area contributed by atoms with Crippen LogP contribution in [0.15, 0.2) is 30.0 Å². The Balaban J connectivity index is 2.07. The highest BCUT2D eigenvalue weighted by Gasteiger charge is 2.20. The fourth-order valence-corrected chi connectivity index (χ4v) is 3.04. The number of nitriles is 1. The maximum atomic E-state index is 12.3. The number of carbonyl (C=O) groups excluding carboxylic acids is 1. The van der Waals surface area contributed by atoms with Gasteiger partial charge in [-0.2, -0.15) is 5.26 Å². The molecule has 24 heavy (non-hydrogen) atoms. The topological polar surface area (TPSA) is 74.1 Å². The van der Waals surface area contributed by atoms with E-state index in [1.165, 1.54) is 32.6 Å². The second-order valence-electron chi connectivity index (χ2n) is 6.00. The van der Waals surface area contributed by atoms with Gasteiger partial charge >= 0.3 is 0 Å². The van der Waals surface area contributed by atoms with E-state index < -0.39 is 5.91 Å². The maximum Gasteiger partial charge on any atom is 0.267 e. The largest absolute Gasteiger partial charge is 0.495 e. The lowest BCUT2D eigenvalue weighted by atomic mass is 9.86. The Morgan fingerprint density at radius 1 is 1.42 bits per heavy atom. The fraction of sp³-hybridized carbons (Fsp3) is 0.444. The zero-order valence-electron chi connectivity index (χ0n) is 13.9. The fourth-order valence-electron chi connectivity index (χ4n) is 2.87. The van der Waals surface area contributed by atoms with E-state index in [2.05, 4.69) is 17.6 Å². The summed E-state index contributed by atoms with van der Waals surface area (Å²) >= 11 is 5.95. The van der Waals surface area contributed by atoms with E-state index in [0.29, 0.717) is 28.4 Å². The number of amides is 1. The molecule has 1 amide bonds. The maximum absolute atomic E-state index is 12.3. The monoisotopic (exact) mass is 347 g/mol. The van der Waals surface area contributed by atoms with E-state index in [-0.39, 0.29) is 5.57 Å². The zero-order chi connectivity index (χ0) is 17.5. The SMILES string of the molecule is COc1ccc(Cl)cc1NC(=O)/C(C#N)=C\NC1CCCCC1C. The molecule has 1 aromatic carbocycles. The Labute approximate surface area is 147 Å². The molecule has 0 aromatic heterocycles. The second-order valence-corrected chi connectivity index (χ2v) is 6.44. The number of ether oxygens (including phenoxy) is 1. The van der Waals surface area contributed by atoms with Gasteiger partial charge in [0.2, 0.25) is 0 Å². The first kappa shape index (κ1) is 18.2. The van der Waals surface area contributed by atoms with Crippen molar-refractivity contribution in [2.24, 2.45) is 5.92 Å². The zero-order valence-corrected chi connectivity index (χ0v) is 14.7. The third-order valence-electron chi connectivity index (χ3n) is 4.33. The third-order valence-corrected chi connectivity index (χ3v) is 4.56. The molecule has 2 atom stereocenters. The molecule has 5 nitrogen and oxygen atoms in total. The lowest BCUT2D eigenvalue weighted by Crippen LogP contribution is -2.34. The van der Waals surface area contributed by atoms with Crippen LogP contribution in [0, 0.1) is 17.2 Å². The number of nitrogens with one attached hydrogen (secondary N) is 2. The molecular weight excluding hydrogens is 326 g/mol. The van der Waals surface area contributed by atoms with Gasteiger partial charge in [0.1, 0.15) is 17.4 Å². The Bertz CT molecular complexity index is 667. The van der Waals surface area contributed by atoms with Gasteiger partial charge in [0.05, 0.1) is 12.8 Å². The van der Waals surface area contributed by atoms with E-state index in [4.69, 9.17) is 16.3 Å². The molecule has 0 heterocycles. The molecule has 0 saturated heterocycles. The van der Waals surface area contributed by atoms with Crippen molar-refractivity contribution < 1.29 is 9.53 Å². The molecule has 1 saturated carbocycles. The van der Waals surface area contributed by atoms with E-state index in [1.807, 2.05) is 6.07 Å². The first-order valence-electron chi connectivity index (χ1n) is 8.06. The highest BCUT2D eigenvalue weighted by Crippen LogP contribution is 2.28. The van der Waals surface area contributed by atoms with Gasteiger partial charge in [0.15, 0.2) is 0 Å². The minimum atomic E-state index is -0.492. The first-order chi connectivity index (χ1) is 11.5. The summed E-state index contributed by atoms with van der Waals surface area (Å²) in [6, 6.07) is 7.16. The van der Waals surface area contributed by atoms with E-state index >= 15 is 0 Å². The summed E-state index contributed by atoms with van der Waals surface area (Å²) in [5.41, 5.74) is 0.456. The van der Waals surface area contributed by atoms with Crippen LogP contribution in [0.2, 0.25) is 5.02 Å². The van der Waals surface area contributed by atoms with Crippen molar-refractivity contribution in [3.05, 3.63) is 35.0 Å². The Kier molecular flexibility index (Phi) is 6.51. The van der Waals surface area contributed by atoms with E-state index in [1.54, 1.807) is 18.2 Å². The number of carbonyl (C=O) groups is 1. The molecule has 1 aliphatic carbocycles. The minimum absolute atomic E-state index is 0.0230. The Morgan fingerprint density at radius 2 is 2.17 bits per heavy atom. The molecule has 0 radical (unpaired) electrons. The molecule has 1 fully saturated rings. The lowest BCUT2D eigenvalue weighted by molar-refractivity contribution is -0.112. The summed E-state index contributed by atoms with van der Waals surface area (Å²) < 4.78 is 5.19. The number of hydrogen-bond donors (Lipinski definition) is 2. The third kappa shape index (κ3) is 4.65. The molecule has 0 spiro atoms. The molecule has 0 bridgehead atoms. The summed E-state index contributed by atoms with van der Waals surface area (Å²) in [5, 5.41) is 15.6. The van der Waals surface area contributed by atoms with Gasteiger partial charge in [0.25, 0.3) is 5.91 Å². The highest BCUT2D eigenvalue weighted by molar-refractivity contribution is 6.31. The summed E-state index contributed by atoms with van der Waals surface area (Å²) in [4.78, 5) is 12.3. The van der Waals surface area contributed by atoms with Gasteiger partial charge in [-0.3, -0.25) is 4.79 Å². The van der Waals surface area contributed by atoms with Crippen LogP contribution in [0.4, 0.5) is 5.69 Å². The molecule has 128 valence electrons. The number of anilines is 1. The second kappa shape index (κ2) is 8.60. The summed E-state index contributed by atoms with van der Waals surface area (Å²) in [7, 11) is 1.51. The summed E-state index contributed by atoms with van der Waals surface area (Å²) in [6.45, 7) is 2.19. The minimum Gasteiger partial charge on any atom is -0.495 e. The average Bonchev–Trinajstić information content (AvgIpc) is 2.57. The van der Waals surface area contributed by atoms with Gasteiger partial charge in [0, 0.05) is 17.3 Å². The van der Waals surface area contributed by atoms with Gasteiger partial charge < -0.3 is 15.4 Å². The molecule has 1 aromatic rings. The van der Waals surface area contributed by atoms with Crippen LogP contribution in [0.1, 0.15) is 32.6 Å². The van der Waals surface area contributed by atoms with Crippen molar-refractivity contribution in [2.75, 3.05) is 12.4 Å². The van der Waals surface area contributed by atoms with Crippen LogP contribution in [0.3, 0.4) is 0 Å². The van der Waals surface area contributed by atoms with Crippen molar-refractivity contribution in [3.8, 4) is 11.8 Å². The van der Waals surface area contributed by atoms with Gasteiger partial charge in [-0.15, -0.1) is 0 Å². The number of nitrogens with zero attached hydrogens (tertiary/aromatic N) is 1. The average molecular weight is 348 g/mol. The van der Waals surface area contributed by atoms with Crippen LogP contribution in [-0.4, -0.2) is 19.1 Å². The van der Waals surface area contributed by atoms with E-state index in [0.717, 1.165) is 6.42 Å². The van der Waals surface area contributed by atoms with Crippen molar-refractivity contribution >= 4 is 23.2 Å². The predicted octanol–water partition coefficient (Wildman–Crippen LogP) is 3.86. The molecular formula is C18H22ClN3O2. The number of hydrogen-bond acceptors (Lipinski definition) is 4. The number of benzene rings is 1. The predicted molar refractivity (Wildman–Crippen MR) is 94.9 cm³/mol. The standard InChI is InChI=1S/C18H22ClN3O2/c1-12-5-3-4-6-15(12)21-11-13(10-20)18(23)22-16-9-14(19)7-8-17(16)24-2/h7-9,11-12,15,21H,3-6H2,1-2H3,(H,22,23)/b13-11-. The lowest BCUT2D eigenvalue weighted by Gasteiger charge is -2.29. The summed E-state index contributed by atoms with van der Waals surface area (Å²) in [6.07, 6.45) is 6.14. The van der Waals surface area contributed by atoms with Crippen molar-refractivity contribution in [3.63, 3.8) is 0 Å². The summed E-state index contributed by atoms with van der Waals surface area (Å²) in [5.74, 6) is 0.527. The van der Waals surface area contributed by atoms with Crippen LogP contribution < -0.4 is 15.4 Å². The van der Waals surface area contributed by atoms with Crippen LogP contribution in [0.5, 0.6) is 5.75 Å². The van der Waals surface area contributed by atoms with Gasteiger partial charge in [-0.05, 0) is 37.0 Å². The quantitative estimate of drug-likeness (QED) is 0.626. The molecule has 0 aliphatic heterocycles. The highest BCUT2D eigenvalue weighted by atomic mass is 35.5. The van der Waals surface area contributed by atoms with Gasteiger partial charge in [-0.1, -0.05) is 31.4 Å². The van der Waals surface area contributed by atoms with Crippen LogP contribution in [0.25, 0.3) is 0 Å². The Morgan fingerprint density at radius 3 is 2.83 bits per heavy atom. The van der Waals surface area contributed by atoms with Crippen molar-refractivity contribution in [1.29, 1.82) is 5.26 Å². The Hall–Kier alpha value is -2.19. The number of methoxy groups -OCH3 is 1. The van der Waals surface area contributed by atoms with Crippen molar-refractivity contribution in [1.82, 2.24) is 5.32 Å². The molecule has 2 N–H and O–H groups in total. The van der Waals surface area contributed by atoms with Crippen molar-refractivity contribution in [2.45, 2.75) is 38.6 Å². The molecule has 1 aliphatic rings. The molecule has 6 heteroatoms. The normalized spacial score (nSPS) is 20.8. The molecule has 2 unspecified atom stereocenters. The smallest absolute Gasteiger partial charge is 0.267 e. The van der Waals surface area contributed by atoms with E-state index in [9.17, 15) is 10.1 Å². The number of halogens is 1. The van der Waals surface area contributed by atoms with Crippen LogP contribution >= 0.6 is 11.6 Å². The number of rotatable bonds is 5. The van der Waals surface area contributed by atoms with Crippen LogP contribution in [-0.2, 0) is 4.79 Å². The molecule has 2 rings (SSSR count). The van der Waals surface area contributed by atoms with Gasteiger partial charge in [-0.25, -0.2) is 0 Å².